The average molecular weight is 622 g/mol. The van der Waals surface area contributed by atoms with E-state index in [1.165, 1.54) is 28.8 Å². The lowest BCUT2D eigenvalue weighted by Gasteiger charge is -2.24. The molecule has 1 aliphatic heterocycles. The van der Waals surface area contributed by atoms with Crippen LogP contribution in [0.15, 0.2) is 103 Å². The number of furan rings is 1. The van der Waals surface area contributed by atoms with Gasteiger partial charge in [-0.05, 0) is 47.5 Å². The number of halogens is 2. The Balaban J connectivity index is 1.36. The number of ketones is 1. The molecule has 0 radical (unpaired) electrons. The average Bonchev–Trinajstić information content (AvgIpc) is 3.64. The Morgan fingerprint density at radius 2 is 1.87 bits per heavy atom. The topological polar surface area (TPSA) is 96.5 Å². The number of aliphatic hydroxyl groups is 1. The van der Waals surface area contributed by atoms with E-state index in [1.807, 2.05) is 18.2 Å². The molecule has 1 amide bonds. The van der Waals surface area contributed by atoms with Gasteiger partial charge in [0.25, 0.3) is 5.91 Å². The Hall–Kier alpha value is -3.80. The summed E-state index contributed by atoms with van der Waals surface area (Å²) in [6.07, 6.45) is 0. The molecule has 5 aromatic rings. The molecule has 0 aliphatic carbocycles. The molecule has 7 nitrogen and oxygen atoms in total. The third-order valence-corrected chi connectivity index (χ3v) is 8.76. The molecule has 3 aromatic carbocycles. The highest BCUT2D eigenvalue weighted by atomic mass is 79.9. The minimum absolute atomic E-state index is 0.0141. The number of nitrogens with zero attached hydrogens (tertiary/aromatic N) is 3. The van der Waals surface area contributed by atoms with Gasteiger partial charge in [-0.2, -0.15) is 0 Å². The normalized spacial score (nSPS) is 15.5. The van der Waals surface area contributed by atoms with Crippen molar-refractivity contribution in [2.75, 3.05) is 4.90 Å². The molecule has 1 unspecified atom stereocenters. The number of carbonyl (C=O) groups excluding carboxylic acids is 2. The lowest BCUT2D eigenvalue weighted by atomic mass is 9.95. The molecule has 0 bridgehead atoms. The zero-order chi connectivity index (χ0) is 27.1. The molecule has 194 valence electrons. The SMILES string of the molecule is O=C(C1=C(O)C(=O)N(c2nnc(SCc3ccc(F)cc3)s2)C1c1cccc(Br)c1)c1cc2ccccc2o1. The second kappa shape index (κ2) is 10.4. The Morgan fingerprint density at radius 3 is 2.64 bits per heavy atom. The smallest absolute Gasteiger partial charge is 0.296 e. The molecular weight excluding hydrogens is 605 g/mol. The summed E-state index contributed by atoms with van der Waals surface area (Å²) >= 11 is 6.00. The zero-order valence-corrected chi connectivity index (χ0v) is 23.1. The third-order valence-electron chi connectivity index (χ3n) is 6.14. The van der Waals surface area contributed by atoms with Crippen LogP contribution in [0.2, 0.25) is 0 Å². The van der Waals surface area contributed by atoms with E-state index in [0.717, 1.165) is 26.8 Å². The highest BCUT2D eigenvalue weighted by Gasteiger charge is 2.46. The van der Waals surface area contributed by atoms with E-state index < -0.39 is 23.5 Å². The summed E-state index contributed by atoms with van der Waals surface area (Å²) in [5, 5.41) is 20.4. The maximum Gasteiger partial charge on any atom is 0.296 e. The van der Waals surface area contributed by atoms with Crippen LogP contribution in [0.1, 0.15) is 27.7 Å². The van der Waals surface area contributed by atoms with Crippen molar-refractivity contribution in [2.45, 2.75) is 16.1 Å². The lowest BCUT2D eigenvalue weighted by molar-refractivity contribution is -0.117. The first kappa shape index (κ1) is 25.5. The molecule has 11 heteroatoms. The molecule has 1 atom stereocenters. The van der Waals surface area contributed by atoms with Gasteiger partial charge in [-0.1, -0.05) is 81.5 Å². The summed E-state index contributed by atoms with van der Waals surface area (Å²) in [7, 11) is 0. The van der Waals surface area contributed by atoms with Crippen LogP contribution in [0.25, 0.3) is 11.0 Å². The highest BCUT2D eigenvalue weighted by Crippen LogP contribution is 2.44. The van der Waals surface area contributed by atoms with Crippen molar-refractivity contribution < 1.29 is 23.5 Å². The van der Waals surface area contributed by atoms with Gasteiger partial charge in [0.15, 0.2) is 15.9 Å². The molecule has 6 rings (SSSR count). The van der Waals surface area contributed by atoms with Crippen LogP contribution < -0.4 is 4.90 Å². The van der Waals surface area contributed by atoms with E-state index in [1.54, 1.807) is 48.5 Å². The van der Waals surface area contributed by atoms with Crippen molar-refractivity contribution in [1.29, 1.82) is 0 Å². The Morgan fingerprint density at radius 1 is 1.08 bits per heavy atom. The predicted molar refractivity (Wildman–Crippen MR) is 150 cm³/mol. The van der Waals surface area contributed by atoms with Crippen LogP contribution in [-0.2, 0) is 10.5 Å². The molecule has 1 aliphatic rings. The number of hydrogen-bond acceptors (Lipinski definition) is 8. The largest absolute Gasteiger partial charge is 0.503 e. The van der Waals surface area contributed by atoms with Gasteiger partial charge in [0.2, 0.25) is 10.9 Å². The molecular formula is C28H17BrFN3O4S2. The number of fused-ring (bicyclic) bond motifs is 1. The summed E-state index contributed by atoms with van der Waals surface area (Å²) in [6, 6.07) is 21.1. The summed E-state index contributed by atoms with van der Waals surface area (Å²) in [5.74, 6) is -1.79. The van der Waals surface area contributed by atoms with Crippen LogP contribution >= 0.6 is 39.0 Å². The molecule has 0 spiro atoms. The van der Waals surface area contributed by atoms with Gasteiger partial charge in [-0.25, -0.2) is 4.39 Å². The van der Waals surface area contributed by atoms with Gasteiger partial charge in [-0.3, -0.25) is 14.5 Å². The van der Waals surface area contributed by atoms with Crippen LogP contribution in [-0.4, -0.2) is 27.0 Å². The molecule has 1 N–H and O–H groups in total. The standard InChI is InChI=1S/C28H17BrFN3O4S2/c29-18-6-3-5-17(12-18)23-22(24(34)21-13-16-4-1-2-7-20(16)37-21)25(35)26(36)33(23)27-31-32-28(39-27)38-14-15-8-10-19(30)11-9-15/h1-13,23,35H,14H2. The number of thioether (sulfide) groups is 1. The Kier molecular flexibility index (Phi) is 6.79. The van der Waals surface area contributed by atoms with Crippen LogP contribution in [0.4, 0.5) is 9.52 Å². The summed E-state index contributed by atoms with van der Waals surface area (Å²) < 4.78 is 20.3. The number of anilines is 1. The number of Topliss-reactive ketones (excluding diaryl/α,β-unsaturated/α-hetero) is 1. The number of para-hydroxylation sites is 1. The van der Waals surface area contributed by atoms with E-state index in [9.17, 15) is 19.1 Å². The van der Waals surface area contributed by atoms with Crippen LogP contribution in [0.3, 0.4) is 0 Å². The maximum atomic E-state index is 13.7. The molecule has 3 heterocycles. The number of aliphatic hydroxyl groups excluding tert-OH is 1. The molecule has 0 saturated heterocycles. The number of carbonyl (C=O) groups is 2. The monoisotopic (exact) mass is 621 g/mol. The fraction of sp³-hybridized carbons (Fsp3) is 0.0714. The first-order valence-electron chi connectivity index (χ1n) is 11.7. The highest BCUT2D eigenvalue weighted by molar-refractivity contribution is 9.10. The number of benzene rings is 3. The van der Waals surface area contributed by atoms with Gasteiger partial charge >= 0.3 is 0 Å². The summed E-state index contributed by atoms with van der Waals surface area (Å²) in [4.78, 5) is 28.5. The quantitative estimate of drug-likeness (QED) is 0.116. The minimum atomic E-state index is -0.960. The lowest BCUT2D eigenvalue weighted by Crippen LogP contribution is -2.31. The Bertz CT molecular complexity index is 1730. The van der Waals surface area contributed by atoms with Crippen molar-refractivity contribution in [3.63, 3.8) is 0 Å². The maximum absolute atomic E-state index is 13.7. The van der Waals surface area contributed by atoms with Crippen molar-refractivity contribution in [3.05, 3.63) is 117 Å². The third kappa shape index (κ3) is 4.88. The van der Waals surface area contributed by atoms with Gasteiger partial charge in [0.1, 0.15) is 11.4 Å². The number of amides is 1. The number of hydrogen-bond donors (Lipinski definition) is 1. The number of aromatic nitrogens is 2. The van der Waals surface area contributed by atoms with Crippen molar-refractivity contribution in [1.82, 2.24) is 10.2 Å². The van der Waals surface area contributed by atoms with Crippen LogP contribution in [0.5, 0.6) is 0 Å². The first-order valence-corrected chi connectivity index (χ1v) is 14.2. The van der Waals surface area contributed by atoms with E-state index in [4.69, 9.17) is 4.42 Å². The second-order valence-electron chi connectivity index (χ2n) is 8.64. The van der Waals surface area contributed by atoms with E-state index in [2.05, 4.69) is 26.1 Å². The summed E-state index contributed by atoms with van der Waals surface area (Å²) in [6.45, 7) is 0. The fourth-order valence-corrected chi connectivity index (χ4v) is 6.58. The van der Waals surface area contributed by atoms with E-state index in [-0.39, 0.29) is 22.3 Å². The van der Waals surface area contributed by atoms with Gasteiger partial charge in [0, 0.05) is 15.6 Å². The first-order chi connectivity index (χ1) is 18.9. The van der Waals surface area contributed by atoms with Gasteiger partial charge < -0.3 is 9.52 Å². The van der Waals surface area contributed by atoms with Crippen molar-refractivity contribution in [2.24, 2.45) is 0 Å². The van der Waals surface area contributed by atoms with E-state index >= 15 is 0 Å². The van der Waals surface area contributed by atoms with Gasteiger partial charge in [0.05, 0.1) is 11.6 Å². The number of rotatable bonds is 7. The van der Waals surface area contributed by atoms with Gasteiger partial charge in [-0.15, -0.1) is 10.2 Å². The zero-order valence-electron chi connectivity index (χ0n) is 19.9. The van der Waals surface area contributed by atoms with Crippen molar-refractivity contribution >= 4 is 66.8 Å². The predicted octanol–water partition coefficient (Wildman–Crippen LogP) is 7.26. The van der Waals surface area contributed by atoms with Crippen molar-refractivity contribution in [3.8, 4) is 0 Å². The fourth-order valence-electron chi connectivity index (χ4n) is 4.34. The summed E-state index contributed by atoms with van der Waals surface area (Å²) in [5.41, 5.74) is 1.92. The molecule has 2 aromatic heterocycles. The molecule has 39 heavy (non-hydrogen) atoms. The minimum Gasteiger partial charge on any atom is -0.503 e. The van der Waals surface area contributed by atoms with E-state index in [0.29, 0.717) is 21.2 Å². The van der Waals surface area contributed by atoms with Crippen LogP contribution in [0, 0.1) is 5.82 Å². The molecule has 0 saturated carbocycles. The Labute approximate surface area is 238 Å². The molecule has 0 fully saturated rings. The second-order valence-corrected chi connectivity index (χ2v) is 11.7.